The molecular weight excluding hydrogens is 263 g/mol. The molecule has 2 rings (SSSR count). The summed E-state index contributed by atoms with van der Waals surface area (Å²) in [6.07, 6.45) is 0.619. The van der Waals surface area contributed by atoms with Crippen LogP contribution >= 0.6 is 0 Å². The zero-order chi connectivity index (χ0) is 14.7. The van der Waals surface area contributed by atoms with Crippen LogP contribution in [0.4, 0.5) is 10.2 Å². The van der Waals surface area contributed by atoms with Gasteiger partial charge in [-0.25, -0.2) is 13.9 Å². The number of nitrogens with zero attached hydrogens (tertiary/aromatic N) is 3. The zero-order valence-corrected chi connectivity index (χ0v) is 11.3. The van der Waals surface area contributed by atoms with Gasteiger partial charge in [0.05, 0.1) is 0 Å². The van der Waals surface area contributed by atoms with Crippen molar-refractivity contribution in [2.45, 2.75) is 6.42 Å². The lowest BCUT2D eigenvalue weighted by Crippen LogP contribution is -2.40. The Morgan fingerprint density at radius 2 is 1.85 bits per heavy atom. The van der Waals surface area contributed by atoms with Crippen LogP contribution in [0.2, 0.25) is 0 Å². The van der Waals surface area contributed by atoms with E-state index >= 15 is 0 Å². The van der Waals surface area contributed by atoms with Gasteiger partial charge in [0.15, 0.2) is 0 Å². The fourth-order valence-electron chi connectivity index (χ4n) is 1.79. The maximum absolute atomic E-state index is 12.8. The molecule has 1 aromatic heterocycles. The van der Waals surface area contributed by atoms with Crippen LogP contribution in [0.25, 0.3) is 0 Å². The highest BCUT2D eigenvalue weighted by atomic mass is 19.1. The Balaban J connectivity index is 2.07. The Labute approximate surface area is 114 Å². The smallest absolute Gasteiger partial charge is 0.346 e. The molecule has 0 unspecified atom stereocenters. The topological polar surface area (TPSA) is 68.9 Å². The average molecular weight is 278 g/mol. The first-order valence-electron chi connectivity index (χ1n) is 6.11. The monoisotopic (exact) mass is 278 g/mol. The zero-order valence-electron chi connectivity index (χ0n) is 11.3. The first-order valence-corrected chi connectivity index (χ1v) is 6.11. The highest BCUT2D eigenvalue weighted by molar-refractivity contribution is 5.30. The van der Waals surface area contributed by atoms with Crippen molar-refractivity contribution in [1.29, 1.82) is 0 Å². The van der Waals surface area contributed by atoms with E-state index in [0.717, 1.165) is 14.8 Å². The molecule has 1 aromatic carbocycles. The van der Waals surface area contributed by atoms with Crippen molar-refractivity contribution < 1.29 is 4.39 Å². The summed E-state index contributed by atoms with van der Waals surface area (Å²) in [7, 11) is 2.88. The van der Waals surface area contributed by atoms with Gasteiger partial charge in [-0.15, -0.1) is 5.10 Å². The lowest BCUT2D eigenvalue weighted by molar-refractivity contribution is 0.604. The lowest BCUT2D eigenvalue weighted by Gasteiger charge is -2.08. The number of nitrogens with one attached hydrogen (secondary N) is 1. The molecule has 0 saturated carbocycles. The van der Waals surface area contributed by atoms with E-state index in [0.29, 0.717) is 13.0 Å². The molecule has 0 saturated heterocycles. The van der Waals surface area contributed by atoms with Crippen LogP contribution < -0.4 is 16.6 Å². The van der Waals surface area contributed by atoms with E-state index in [1.165, 1.54) is 26.2 Å². The largest absolute Gasteiger partial charge is 0.364 e. The second-order valence-electron chi connectivity index (χ2n) is 4.42. The molecule has 7 heteroatoms. The van der Waals surface area contributed by atoms with Crippen LogP contribution in [-0.2, 0) is 20.5 Å². The molecule has 20 heavy (non-hydrogen) atoms. The maximum atomic E-state index is 12.8. The van der Waals surface area contributed by atoms with Gasteiger partial charge in [0.1, 0.15) is 5.82 Å². The molecule has 0 atom stereocenters. The Morgan fingerprint density at radius 1 is 1.20 bits per heavy atom. The second kappa shape index (κ2) is 5.68. The first-order chi connectivity index (χ1) is 9.49. The number of aromatic nitrogens is 3. The van der Waals surface area contributed by atoms with Crippen LogP contribution in [-0.4, -0.2) is 20.9 Å². The highest BCUT2D eigenvalue weighted by Gasteiger charge is 2.07. The Bertz CT molecular complexity index is 719. The minimum absolute atomic E-state index is 0.122. The van der Waals surface area contributed by atoms with E-state index in [4.69, 9.17) is 0 Å². The highest BCUT2D eigenvalue weighted by Crippen LogP contribution is 2.03. The minimum atomic E-state index is -0.473. The number of anilines is 1. The van der Waals surface area contributed by atoms with Gasteiger partial charge in [-0.1, -0.05) is 12.1 Å². The Hall–Kier alpha value is -2.44. The first kappa shape index (κ1) is 14.0. The van der Waals surface area contributed by atoms with Crippen molar-refractivity contribution in [2.75, 3.05) is 11.9 Å². The average Bonchev–Trinajstić information content (AvgIpc) is 2.44. The number of aryl methyl sites for hydroxylation is 1. The maximum Gasteiger partial charge on any atom is 0.346 e. The summed E-state index contributed by atoms with van der Waals surface area (Å²) in [5.74, 6) is -0.160. The van der Waals surface area contributed by atoms with Crippen molar-refractivity contribution in [2.24, 2.45) is 14.1 Å². The molecule has 0 aliphatic carbocycles. The predicted octanol–water partition coefficient (Wildman–Crippen LogP) is 0.273. The van der Waals surface area contributed by atoms with Gasteiger partial charge < -0.3 is 5.32 Å². The van der Waals surface area contributed by atoms with Crippen molar-refractivity contribution in [3.05, 3.63) is 56.5 Å². The summed E-state index contributed by atoms with van der Waals surface area (Å²) in [6, 6.07) is 6.14. The summed E-state index contributed by atoms with van der Waals surface area (Å²) < 4.78 is 14.8. The lowest BCUT2D eigenvalue weighted by atomic mass is 10.1. The predicted molar refractivity (Wildman–Crippen MR) is 73.3 cm³/mol. The van der Waals surface area contributed by atoms with E-state index in [-0.39, 0.29) is 11.6 Å². The number of halogens is 1. The third kappa shape index (κ3) is 2.93. The van der Waals surface area contributed by atoms with Gasteiger partial charge in [-0.2, -0.15) is 0 Å². The molecule has 1 N–H and O–H groups in total. The van der Waals surface area contributed by atoms with Crippen LogP contribution in [0.1, 0.15) is 5.56 Å². The summed E-state index contributed by atoms with van der Waals surface area (Å²) in [6.45, 7) is 0.464. The molecule has 0 fully saturated rings. The van der Waals surface area contributed by atoms with Gasteiger partial charge in [-0.05, 0) is 24.1 Å². The molecule has 0 amide bonds. The fraction of sp³-hybridized carbons (Fsp3) is 0.308. The van der Waals surface area contributed by atoms with E-state index in [1.807, 2.05) is 0 Å². The molecule has 2 aromatic rings. The van der Waals surface area contributed by atoms with Crippen LogP contribution in [0.3, 0.4) is 0 Å². The Kier molecular flexibility index (Phi) is 3.97. The van der Waals surface area contributed by atoms with Crippen molar-refractivity contribution >= 4 is 5.82 Å². The molecule has 0 aliphatic heterocycles. The van der Waals surface area contributed by atoms with E-state index in [2.05, 4.69) is 10.4 Å². The molecule has 1 heterocycles. The van der Waals surface area contributed by atoms with E-state index < -0.39 is 11.2 Å². The van der Waals surface area contributed by atoms with Gasteiger partial charge in [0, 0.05) is 20.6 Å². The normalized spacial score (nSPS) is 10.6. The van der Waals surface area contributed by atoms with Crippen LogP contribution in [0.5, 0.6) is 0 Å². The SMILES string of the molecule is Cn1nc(NCCc2ccc(F)cc2)c(=O)n(C)c1=O. The minimum Gasteiger partial charge on any atom is -0.364 e. The third-order valence-electron chi connectivity index (χ3n) is 2.94. The van der Waals surface area contributed by atoms with E-state index in [9.17, 15) is 14.0 Å². The fourth-order valence-corrected chi connectivity index (χ4v) is 1.79. The quantitative estimate of drug-likeness (QED) is 0.872. The van der Waals surface area contributed by atoms with Crippen molar-refractivity contribution in [1.82, 2.24) is 14.3 Å². The molecule has 0 radical (unpaired) electrons. The van der Waals surface area contributed by atoms with Crippen molar-refractivity contribution in [3.63, 3.8) is 0 Å². The van der Waals surface area contributed by atoms with E-state index in [1.54, 1.807) is 12.1 Å². The molecular formula is C13H15FN4O2. The number of hydrogen-bond acceptors (Lipinski definition) is 4. The van der Waals surface area contributed by atoms with Gasteiger partial charge in [-0.3, -0.25) is 9.36 Å². The van der Waals surface area contributed by atoms with Crippen molar-refractivity contribution in [3.8, 4) is 0 Å². The number of rotatable bonds is 4. The molecule has 106 valence electrons. The summed E-state index contributed by atoms with van der Waals surface area (Å²) in [5.41, 5.74) is 0.00633. The summed E-state index contributed by atoms with van der Waals surface area (Å²) >= 11 is 0. The summed E-state index contributed by atoms with van der Waals surface area (Å²) in [4.78, 5) is 23.3. The molecule has 0 spiro atoms. The summed E-state index contributed by atoms with van der Waals surface area (Å²) in [5, 5.41) is 6.77. The van der Waals surface area contributed by atoms with Crippen LogP contribution in [0, 0.1) is 5.82 Å². The number of hydrogen-bond donors (Lipinski definition) is 1. The van der Waals surface area contributed by atoms with Gasteiger partial charge >= 0.3 is 5.69 Å². The standard InChI is InChI=1S/C13H15FN4O2/c1-17-12(19)11(16-18(2)13(17)20)15-8-7-9-3-5-10(14)6-4-9/h3-6H,7-8H2,1-2H3,(H,15,16). The molecule has 0 aliphatic rings. The van der Waals surface area contributed by atoms with Crippen LogP contribution in [0.15, 0.2) is 33.9 Å². The van der Waals surface area contributed by atoms with Gasteiger partial charge in [0.2, 0.25) is 5.82 Å². The van der Waals surface area contributed by atoms with Gasteiger partial charge in [0.25, 0.3) is 5.56 Å². The third-order valence-corrected chi connectivity index (χ3v) is 2.94. The number of benzene rings is 1. The second-order valence-corrected chi connectivity index (χ2v) is 4.42. The Morgan fingerprint density at radius 3 is 2.50 bits per heavy atom. The molecule has 0 bridgehead atoms. The molecule has 6 nitrogen and oxygen atoms in total.